The number of fused-ring (bicyclic) bond motifs is 1. The highest BCUT2D eigenvalue weighted by atomic mass is 19.1. The Hall–Kier alpha value is -4.61. The van der Waals surface area contributed by atoms with Crippen molar-refractivity contribution in [3.05, 3.63) is 87.8 Å². The van der Waals surface area contributed by atoms with Gasteiger partial charge >= 0.3 is 5.76 Å². The lowest BCUT2D eigenvalue weighted by Gasteiger charge is -2.34. The number of ketones is 1. The van der Waals surface area contributed by atoms with Gasteiger partial charge in [-0.15, -0.1) is 0 Å². The van der Waals surface area contributed by atoms with E-state index in [1.54, 1.807) is 35.2 Å². The number of piperazine rings is 1. The lowest BCUT2D eigenvalue weighted by Crippen LogP contribution is -2.52. The van der Waals surface area contributed by atoms with Gasteiger partial charge in [0, 0.05) is 49.4 Å². The van der Waals surface area contributed by atoms with E-state index in [0.29, 0.717) is 11.6 Å². The van der Waals surface area contributed by atoms with E-state index in [9.17, 15) is 28.0 Å². The summed E-state index contributed by atoms with van der Waals surface area (Å²) in [6.07, 6.45) is 1.22. The van der Waals surface area contributed by atoms with Crippen molar-refractivity contribution in [2.75, 3.05) is 26.2 Å². The maximum atomic E-state index is 14.8. The molecule has 0 radical (unpaired) electrons. The molecule has 5 rings (SSSR count). The number of nitrogens with zero attached hydrogens (tertiary/aromatic N) is 4. The lowest BCUT2D eigenvalue weighted by molar-refractivity contribution is -0.127. The van der Waals surface area contributed by atoms with Crippen molar-refractivity contribution in [3.8, 4) is 0 Å². The third-order valence-corrected chi connectivity index (χ3v) is 6.02. The number of aromatic amines is 1. The van der Waals surface area contributed by atoms with Gasteiger partial charge in [0.05, 0.1) is 17.6 Å². The van der Waals surface area contributed by atoms with Crippen LogP contribution in [0.1, 0.15) is 26.5 Å². The van der Waals surface area contributed by atoms with Gasteiger partial charge in [-0.2, -0.15) is 0 Å². The first kappa shape index (κ1) is 23.1. The quantitative estimate of drug-likeness (QED) is 0.333. The van der Waals surface area contributed by atoms with Crippen molar-refractivity contribution >= 4 is 28.5 Å². The summed E-state index contributed by atoms with van der Waals surface area (Å²) in [5, 5.41) is 3.30. The second-order valence-electron chi connectivity index (χ2n) is 8.27. The van der Waals surface area contributed by atoms with Crippen molar-refractivity contribution in [2.24, 2.45) is 0 Å². The second-order valence-corrected chi connectivity index (χ2v) is 8.27. The van der Waals surface area contributed by atoms with Crippen LogP contribution in [0.25, 0.3) is 10.9 Å². The molecule has 0 atom stereocenters. The first-order valence-corrected chi connectivity index (χ1v) is 11.0. The summed E-state index contributed by atoms with van der Waals surface area (Å²) in [5.41, 5.74) is 0.282. The average Bonchev–Trinajstić information content (AvgIpc) is 3.46. The van der Waals surface area contributed by atoms with E-state index in [2.05, 4.69) is 14.7 Å². The van der Waals surface area contributed by atoms with Gasteiger partial charge in [0.15, 0.2) is 5.82 Å². The Balaban J connectivity index is 1.37. The van der Waals surface area contributed by atoms with Gasteiger partial charge in [-0.05, 0) is 18.2 Å². The van der Waals surface area contributed by atoms with E-state index in [4.69, 9.17) is 0 Å². The summed E-state index contributed by atoms with van der Waals surface area (Å²) >= 11 is 0. The maximum Gasteiger partial charge on any atom is 0.438 e. The molecule has 2 aromatic carbocycles. The van der Waals surface area contributed by atoms with Crippen LogP contribution >= 0.6 is 0 Å². The molecule has 0 unspecified atom stereocenters. The van der Waals surface area contributed by atoms with Crippen LogP contribution in [0.2, 0.25) is 0 Å². The number of nitrogens with one attached hydrogen (secondary N) is 1. The van der Waals surface area contributed by atoms with E-state index >= 15 is 0 Å². The monoisotopic (exact) mass is 495 g/mol. The van der Waals surface area contributed by atoms with Gasteiger partial charge in [0.25, 0.3) is 17.6 Å². The summed E-state index contributed by atoms with van der Waals surface area (Å²) in [4.78, 5) is 55.3. The van der Waals surface area contributed by atoms with Crippen LogP contribution in [0, 0.1) is 11.6 Å². The fourth-order valence-corrected chi connectivity index (χ4v) is 4.27. The molecule has 1 fully saturated rings. The smallest absolute Gasteiger partial charge is 0.339 e. The van der Waals surface area contributed by atoms with Crippen molar-refractivity contribution in [1.82, 2.24) is 24.5 Å². The Kier molecular flexibility index (Phi) is 5.92. The molecule has 0 bridgehead atoms. The molecule has 0 spiro atoms. The van der Waals surface area contributed by atoms with Crippen LogP contribution in [-0.4, -0.2) is 68.3 Å². The van der Waals surface area contributed by atoms with Crippen molar-refractivity contribution in [2.45, 2.75) is 6.54 Å². The second kappa shape index (κ2) is 9.21. The first-order chi connectivity index (χ1) is 17.3. The number of amides is 2. The van der Waals surface area contributed by atoms with Gasteiger partial charge in [-0.25, -0.2) is 13.6 Å². The highest BCUT2D eigenvalue weighted by Crippen LogP contribution is 2.27. The molecule has 1 N–H and O–H groups in total. The first-order valence-electron chi connectivity index (χ1n) is 11.0. The fourth-order valence-electron chi connectivity index (χ4n) is 4.27. The molecule has 3 heterocycles. The third kappa shape index (κ3) is 4.28. The molecule has 2 aromatic heterocycles. The number of hydrogen-bond donors (Lipinski definition) is 1. The molecule has 0 aliphatic carbocycles. The number of H-pyrrole nitrogens is 1. The van der Waals surface area contributed by atoms with Crippen molar-refractivity contribution in [1.29, 1.82) is 0 Å². The minimum atomic E-state index is -1.01. The number of carbonyl (C=O) groups excluding carboxylic acids is 3. The SMILES string of the molecule is O=C(C(=O)N1CCN(C(=O)c2ccccc2)CC1)c1cn(Cc2noc(=O)[nH]2)c2cc(F)cc(F)c12. The van der Waals surface area contributed by atoms with Crippen LogP contribution in [-0.2, 0) is 11.3 Å². The molecule has 12 heteroatoms. The lowest BCUT2D eigenvalue weighted by atomic mass is 10.1. The number of hydrogen-bond acceptors (Lipinski definition) is 6. The normalized spacial score (nSPS) is 13.8. The van der Waals surface area contributed by atoms with Gasteiger partial charge < -0.3 is 14.4 Å². The highest BCUT2D eigenvalue weighted by Gasteiger charge is 2.31. The molecule has 1 saturated heterocycles. The van der Waals surface area contributed by atoms with Crippen molar-refractivity contribution in [3.63, 3.8) is 0 Å². The summed E-state index contributed by atoms with van der Waals surface area (Å²) in [5.74, 6) is -4.64. The third-order valence-electron chi connectivity index (χ3n) is 6.02. The standard InChI is InChI=1S/C24H19F2N5O5/c25-15-10-17(26)20-16(12-31(18(20)11-15)13-19-27-24(35)36-28-19)21(32)23(34)30-8-6-29(7-9-30)22(33)14-4-2-1-3-5-14/h1-5,10-12H,6-9,13H2,(H,27,28,35). The highest BCUT2D eigenvalue weighted by molar-refractivity contribution is 6.45. The molecular weight excluding hydrogens is 476 g/mol. The zero-order chi connectivity index (χ0) is 25.4. The van der Waals surface area contributed by atoms with Crippen LogP contribution in [0.15, 0.2) is 58.0 Å². The summed E-state index contributed by atoms with van der Waals surface area (Å²) in [7, 11) is 0. The van der Waals surface area contributed by atoms with Crippen LogP contribution in [0.5, 0.6) is 0 Å². The Morgan fingerprint density at radius 1 is 1.00 bits per heavy atom. The van der Waals surface area contributed by atoms with Crippen molar-refractivity contribution < 1.29 is 27.7 Å². The summed E-state index contributed by atoms with van der Waals surface area (Å²) in [6.45, 7) is 0.548. The predicted octanol–water partition coefficient (Wildman–Crippen LogP) is 1.81. The number of rotatable bonds is 5. The van der Waals surface area contributed by atoms with E-state index in [1.807, 2.05) is 0 Å². The molecule has 184 valence electrons. The molecule has 4 aromatic rings. The summed E-state index contributed by atoms with van der Waals surface area (Å²) in [6, 6.07) is 10.4. The topological polar surface area (TPSA) is 122 Å². The number of Topliss-reactive ketones (excluding diaryl/α,β-unsaturated/α-hetero) is 1. The Labute approximate surface area is 201 Å². The van der Waals surface area contributed by atoms with Gasteiger partial charge in [-0.3, -0.25) is 23.9 Å². The molecule has 1 aliphatic heterocycles. The van der Waals surface area contributed by atoms with Crippen LogP contribution < -0.4 is 5.76 Å². The average molecular weight is 495 g/mol. The predicted molar refractivity (Wildman–Crippen MR) is 121 cm³/mol. The molecule has 10 nitrogen and oxygen atoms in total. The number of benzene rings is 2. The number of carbonyl (C=O) groups is 3. The van der Waals surface area contributed by atoms with Gasteiger partial charge in [0.1, 0.15) is 11.6 Å². The largest absolute Gasteiger partial charge is 0.438 e. The van der Waals surface area contributed by atoms with E-state index in [1.165, 1.54) is 15.7 Å². The van der Waals surface area contributed by atoms with Gasteiger partial charge in [0.2, 0.25) is 0 Å². The fraction of sp³-hybridized carbons (Fsp3) is 0.208. The van der Waals surface area contributed by atoms with Gasteiger partial charge in [-0.1, -0.05) is 23.4 Å². The number of halogens is 2. The minimum absolute atomic E-state index is 0.00535. The number of aromatic nitrogens is 3. The molecule has 36 heavy (non-hydrogen) atoms. The minimum Gasteiger partial charge on any atom is -0.339 e. The maximum absolute atomic E-state index is 14.8. The van der Waals surface area contributed by atoms with E-state index < -0.39 is 29.1 Å². The van der Waals surface area contributed by atoms with Crippen LogP contribution in [0.3, 0.4) is 0 Å². The zero-order valence-corrected chi connectivity index (χ0v) is 18.7. The molecule has 2 amide bonds. The van der Waals surface area contributed by atoms with Crippen LogP contribution in [0.4, 0.5) is 8.78 Å². The Bertz CT molecular complexity index is 1530. The Morgan fingerprint density at radius 3 is 2.36 bits per heavy atom. The molecular formula is C24H19F2N5O5. The summed E-state index contributed by atoms with van der Waals surface area (Å²) < 4.78 is 34.5. The van der Waals surface area contributed by atoms with E-state index in [0.717, 1.165) is 6.07 Å². The molecule has 1 aliphatic rings. The zero-order valence-electron chi connectivity index (χ0n) is 18.7. The Morgan fingerprint density at radius 2 is 1.69 bits per heavy atom. The molecule has 0 saturated carbocycles. The van der Waals surface area contributed by atoms with E-state index in [-0.39, 0.29) is 60.9 Å².